The molecule has 0 fully saturated rings. The Morgan fingerprint density at radius 2 is 2.06 bits per heavy atom. The molecule has 0 aliphatic carbocycles. The third kappa shape index (κ3) is 4.56. The summed E-state index contributed by atoms with van der Waals surface area (Å²) in [6, 6.07) is 4.90. The standard InChI is InChI=1S/C10H15BrN2O2S.ClH/c1-7-3-4-9(11)10(5-7)16(14,15)13-8(2)6-12;/h3-5,8,13H,6,12H2,1-2H3;1H/t8-;/m0./s1. The van der Waals surface area contributed by atoms with E-state index in [9.17, 15) is 8.42 Å². The molecule has 1 aromatic rings. The summed E-state index contributed by atoms with van der Waals surface area (Å²) >= 11 is 3.23. The molecule has 0 unspecified atom stereocenters. The van der Waals surface area contributed by atoms with Gasteiger partial charge in [0.15, 0.2) is 0 Å². The van der Waals surface area contributed by atoms with E-state index < -0.39 is 10.0 Å². The first-order chi connectivity index (χ1) is 7.36. The van der Waals surface area contributed by atoms with Gasteiger partial charge in [0, 0.05) is 17.1 Å². The van der Waals surface area contributed by atoms with E-state index in [0.717, 1.165) is 5.56 Å². The zero-order valence-corrected chi connectivity index (χ0v) is 12.8. The Hall–Kier alpha value is -0.140. The topological polar surface area (TPSA) is 72.2 Å². The van der Waals surface area contributed by atoms with Crippen LogP contribution in [-0.2, 0) is 10.0 Å². The largest absolute Gasteiger partial charge is 0.329 e. The van der Waals surface area contributed by atoms with Crippen LogP contribution in [0, 0.1) is 6.92 Å². The van der Waals surface area contributed by atoms with E-state index in [2.05, 4.69) is 20.7 Å². The lowest BCUT2D eigenvalue weighted by Gasteiger charge is -2.13. The molecule has 0 amide bonds. The molecule has 1 rings (SSSR count). The average molecular weight is 344 g/mol. The number of halogens is 2. The highest BCUT2D eigenvalue weighted by Crippen LogP contribution is 2.22. The molecule has 0 aromatic heterocycles. The molecule has 0 saturated heterocycles. The van der Waals surface area contributed by atoms with Crippen LogP contribution < -0.4 is 10.5 Å². The molecule has 98 valence electrons. The maximum absolute atomic E-state index is 12.0. The SMILES string of the molecule is Cc1ccc(Br)c(S(=O)(=O)N[C@@H](C)CN)c1.Cl. The van der Waals surface area contributed by atoms with Gasteiger partial charge in [-0.2, -0.15) is 0 Å². The molecular formula is C10H16BrClN2O2S. The van der Waals surface area contributed by atoms with Gasteiger partial charge < -0.3 is 5.73 Å². The van der Waals surface area contributed by atoms with Crippen LogP contribution in [0.5, 0.6) is 0 Å². The van der Waals surface area contributed by atoms with Crippen LogP contribution in [0.1, 0.15) is 12.5 Å². The molecule has 7 heteroatoms. The van der Waals surface area contributed by atoms with E-state index >= 15 is 0 Å². The number of nitrogens with one attached hydrogen (secondary N) is 1. The fourth-order valence-electron chi connectivity index (χ4n) is 1.19. The summed E-state index contributed by atoms with van der Waals surface area (Å²) in [6.45, 7) is 3.84. The Morgan fingerprint density at radius 3 is 2.59 bits per heavy atom. The molecule has 4 nitrogen and oxygen atoms in total. The van der Waals surface area contributed by atoms with Gasteiger partial charge in [0.2, 0.25) is 10.0 Å². The molecule has 0 saturated carbocycles. The summed E-state index contributed by atoms with van der Waals surface area (Å²) < 4.78 is 27.0. The van der Waals surface area contributed by atoms with Crippen molar-refractivity contribution in [2.24, 2.45) is 5.73 Å². The highest BCUT2D eigenvalue weighted by atomic mass is 79.9. The maximum atomic E-state index is 12.0. The van der Waals surface area contributed by atoms with Crippen LogP contribution in [-0.4, -0.2) is 21.0 Å². The van der Waals surface area contributed by atoms with Crippen molar-refractivity contribution in [2.75, 3.05) is 6.54 Å². The van der Waals surface area contributed by atoms with Gasteiger partial charge in [-0.15, -0.1) is 12.4 Å². The maximum Gasteiger partial charge on any atom is 0.241 e. The van der Waals surface area contributed by atoms with Gasteiger partial charge in [-0.25, -0.2) is 13.1 Å². The van der Waals surface area contributed by atoms with Crippen LogP contribution in [0.3, 0.4) is 0 Å². The molecule has 1 aromatic carbocycles. The molecule has 0 spiro atoms. The molecule has 0 aliphatic heterocycles. The van der Waals surface area contributed by atoms with Crippen molar-refractivity contribution < 1.29 is 8.42 Å². The Morgan fingerprint density at radius 1 is 1.47 bits per heavy atom. The van der Waals surface area contributed by atoms with Gasteiger partial charge in [-0.05, 0) is 47.5 Å². The smallest absolute Gasteiger partial charge is 0.241 e. The van der Waals surface area contributed by atoms with Gasteiger partial charge in [0.05, 0.1) is 4.90 Å². The minimum Gasteiger partial charge on any atom is -0.329 e. The highest BCUT2D eigenvalue weighted by Gasteiger charge is 2.19. The number of hydrogen-bond donors (Lipinski definition) is 2. The first-order valence-electron chi connectivity index (χ1n) is 4.85. The molecule has 0 radical (unpaired) electrons. The van der Waals surface area contributed by atoms with Crippen LogP contribution in [0.25, 0.3) is 0 Å². The number of aryl methyl sites for hydroxylation is 1. The first kappa shape index (κ1) is 16.9. The molecule has 0 heterocycles. The van der Waals surface area contributed by atoms with Gasteiger partial charge in [0.1, 0.15) is 0 Å². The van der Waals surface area contributed by atoms with Gasteiger partial charge >= 0.3 is 0 Å². The van der Waals surface area contributed by atoms with Crippen molar-refractivity contribution in [3.63, 3.8) is 0 Å². The fraction of sp³-hybridized carbons (Fsp3) is 0.400. The Labute approximate surface area is 117 Å². The number of sulfonamides is 1. The van der Waals surface area contributed by atoms with Crippen LogP contribution in [0.4, 0.5) is 0 Å². The van der Waals surface area contributed by atoms with E-state index in [1.807, 2.05) is 13.0 Å². The Balaban J connectivity index is 0.00000256. The van der Waals surface area contributed by atoms with Crippen LogP contribution in [0.2, 0.25) is 0 Å². The second kappa shape index (κ2) is 6.70. The van der Waals surface area contributed by atoms with Crippen molar-refractivity contribution in [1.29, 1.82) is 0 Å². The monoisotopic (exact) mass is 342 g/mol. The summed E-state index contributed by atoms with van der Waals surface area (Å²) in [6.07, 6.45) is 0. The summed E-state index contributed by atoms with van der Waals surface area (Å²) in [5.74, 6) is 0. The number of nitrogens with two attached hydrogens (primary N) is 1. The minimum atomic E-state index is -3.50. The lowest BCUT2D eigenvalue weighted by atomic mass is 10.2. The van der Waals surface area contributed by atoms with Gasteiger partial charge in [0.25, 0.3) is 0 Å². The number of benzene rings is 1. The number of hydrogen-bond acceptors (Lipinski definition) is 3. The van der Waals surface area contributed by atoms with Gasteiger partial charge in [-0.1, -0.05) is 6.07 Å². The van der Waals surface area contributed by atoms with Crippen molar-refractivity contribution >= 4 is 38.4 Å². The third-order valence-electron chi connectivity index (χ3n) is 2.09. The predicted octanol–water partition coefficient (Wildman–Crippen LogP) is 1.80. The van der Waals surface area contributed by atoms with E-state index in [0.29, 0.717) is 4.47 Å². The second-order valence-electron chi connectivity index (χ2n) is 3.69. The summed E-state index contributed by atoms with van der Waals surface area (Å²) in [4.78, 5) is 0.243. The molecule has 3 N–H and O–H groups in total. The van der Waals surface area contributed by atoms with Crippen LogP contribution in [0.15, 0.2) is 27.6 Å². The van der Waals surface area contributed by atoms with E-state index in [1.54, 1.807) is 19.1 Å². The predicted molar refractivity (Wildman–Crippen MR) is 75.0 cm³/mol. The molecule has 0 bridgehead atoms. The number of rotatable bonds is 4. The average Bonchev–Trinajstić information content (AvgIpc) is 2.20. The molecule has 0 aliphatic rings. The molecular weight excluding hydrogens is 328 g/mol. The summed E-state index contributed by atoms with van der Waals surface area (Å²) in [5, 5.41) is 0. The van der Waals surface area contributed by atoms with Crippen molar-refractivity contribution in [3.8, 4) is 0 Å². The lowest BCUT2D eigenvalue weighted by molar-refractivity contribution is 0.562. The van der Waals surface area contributed by atoms with E-state index in [4.69, 9.17) is 5.73 Å². The van der Waals surface area contributed by atoms with Crippen molar-refractivity contribution in [1.82, 2.24) is 4.72 Å². The molecule has 17 heavy (non-hydrogen) atoms. The molecule has 1 atom stereocenters. The zero-order valence-electron chi connectivity index (χ0n) is 9.60. The third-order valence-corrected chi connectivity index (χ3v) is 4.67. The Bertz CT molecular complexity index is 479. The van der Waals surface area contributed by atoms with Crippen LogP contribution >= 0.6 is 28.3 Å². The zero-order chi connectivity index (χ0) is 12.3. The lowest BCUT2D eigenvalue weighted by Crippen LogP contribution is -2.37. The van der Waals surface area contributed by atoms with Crippen molar-refractivity contribution in [2.45, 2.75) is 24.8 Å². The second-order valence-corrected chi connectivity index (χ2v) is 6.23. The Kier molecular flexibility index (Phi) is 6.65. The highest BCUT2D eigenvalue weighted by molar-refractivity contribution is 9.10. The summed E-state index contributed by atoms with van der Waals surface area (Å²) in [7, 11) is -3.50. The minimum absolute atomic E-state index is 0. The quantitative estimate of drug-likeness (QED) is 0.875. The normalized spacial score (nSPS) is 12.9. The summed E-state index contributed by atoms with van der Waals surface area (Å²) in [5.41, 5.74) is 6.28. The fourth-order valence-corrected chi connectivity index (χ4v) is 3.50. The van der Waals surface area contributed by atoms with Gasteiger partial charge in [-0.3, -0.25) is 0 Å². The first-order valence-corrected chi connectivity index (χ1v) is 7.13. The van der Waals surface area contributed by atoms with Crippen molar-refractivity contribution in [3.05, 3.63) is 28.2 Å². The van der Waals surface area contributed by atoms with E-state index in [-0.39, 0.29) is 29.9 Å². The van der Waals surface area contributed by atoms with E-state index in [1.165, 1.54) is 0 Å².